The van der Waals surface area contributed by atoms with Crippen molar-refractivity contribution in [2.24, 2.45) is 11.7 Å². The summed E-state index contributed by atoms with van der Waals surface area (Å²) < 4.78 is 0. The van der Waals surface area contributed by atoms with Crippen LogP contribution in [0.25, 0.3) is 0 Å². The van der Waals surface area contributed by atoms with E-state index in [0.29, 0.717) is 6.04 Å². The van der Waals surface area contributed by atoms with Gasteiger partial charge < -0.3 is 5.73 Å². The Morgan fingerprint density at radius 1 is 1.27 bits per heavy atom. The lowest BCUT2D eigenvalue weighted by Gasteiger charge is -2.34. The number of rotatable bonds is 2. The Bertz CT molecular complexity index is 287. The van der Waals surface area contributed by atoms with Crippen LogP contribution >= 0.6 is 0 Å². The number of hydrogen-bond acceptors (Lipinski definition) is 2. The van der Waals surface area contributed by atoms with E-state index in [-0.39, 0.29) is 0 Å². The van der Waals surface area contributed by atoms with Gasteiger partial charge in [-0.2, -0.15) is 0 Å². The average molecular weight is 204 g/mol. The van der Waals surface area contributed by atoms with Crippen molar-refractivity contribution in [1.82, 2.24) is 4.90 Å². The van der Waals surface area contributed by atoms with Gasteiger partial charge >= 0.3 is 0 Å². The highest BCUT2D eigenvalue weighted by Gasteiger charge is 2.21. The van der Waals surface area contributed by atoms with Crippen LogP contribution in [0.15, 0.2) is 30.3 Å². The summed E-state index contributed by atoms with van der Waals surface area (Å²) >= 11 is 0. The molecule has 0 bridgehead atoms. The predicted octanol–water partition coefficient (Wildman–Crippen LogP) is 1.86. The summed E-state index contributed by atoms with van der Waals surface area (Å²) in [4.78, 5) is 2.47. The molecule has 1 aliphatic rings. The van der Waals surface area contributed by atoms with E-state index in [1.54, 1.807) is 0 Å². The first kappa shape index (κ1) is 10.7. The van der Waals surface area contributed by atoms with Crippen molar-refractivity contribution in [2.45, 2.75) is 25.9 Å². The second-order valence-corrected chi connectivity index (χ2v) is 4.78. The average Bonchev–Trinajstić information content (AvgIpc) is 2.17. The molecule has 1 aromatic rings. The largest absolute Gasteiger partial charge is 0.327 e. The Kier molecular flexibility index (Phi) is 3.39. The normalized spacial score (nSPS) is 27.9. The molecular weight excluding hydrogens is 184 g/mol. The van der Waals surface area contributed by atoms with Crippen molar-refractivity contribution in [3.8, 4) is 0 Å². The molecule has 0 unspecified atom stereocenters. The van der Waals surface area contributed by atoms with Crippen LogP contribution in [0.5, 0.6) is 0 Å². The molecule has 2 atom stereocenters. The first-order valence-electron chi connectivity index (χ1n) is 5.76. The Morgan fingerprint density at radius 3 is 2.67 bits per heavy atom. The summed E-state index contributed by atoms with van der Waals surface area (Å²) in [6, 6.07) is 11.0. The number of nitrogens with zero attached hydrogens (tertiary/aromatic N) is 1. The highest BCUT2D eigenvalue weighted by molar-refractivity contribution is 5.14. The van der Waals surface area contributed by atoms with Gasteiger partial charge in [-0.1, -0.05) is 37.3 Å². The summed E-state index contributed by atoms with van der Waals surface area (Å²) in [5.74, 6) is 0.734. The number of hydrogen-bond donors (Lipinski definition) is 1. The highest BCUT2D eigenvalue weighted by Crippen LogP contribution is 2.17. The maximum atomic E-state index is 6.03. The number of nitrogens with two attached hydrogens (primary N) is 1. The molecule has 2 heteroatoms. The van der Waals surface area contributed by atoms with Crippen LogP contribution in [-0.2, 0) is 6.54 Å². The molecule has 1 fully saturated rings. The third kappa shape index (κ3) is 3.05. The quantitative estimate of drug-likeness (QED) is 0.796. The van der Waals surface area contributed by atoms with Crippen LogP contribution in [0.4, 0.5) is 0 Å². The number of piperidine rings is 1. The Morgan fingerprint density at radius 2 is 2.00 bits per heavy atom. The van der Waals surface area contributed by atoms with Crippen LogP contribution in [0, 0.1) is 5.92 Å². The minimum atomic E-state index is 0.359. The molecule has 2 N–H and O–H groups in total. The maximum absolute atomic E-state index is 6.03. The molecule has 82 valence electrons. The number of likely N-dealkylation sites (tertiary alicyclic amines) is 1. The third-order valence-corrected chi connectivity index (χ3v) is 3.02. The zero-order chi connectivity index (χ0) is 10.7. The molecule has 0 spiro atoms. The Hall–Kier alpha value is -0.860. The SMILES string of the molecule is C[C@@H]1C[C@H](N)CN(Cc2ccccc2)C1. The Balaban J connectivity index is 1.94. The van der Waals surface area contributed by atoms with Gasteiger partial charge in [-0.3, -0.25) is 4.90 Å². The molecule has 1 saturated heterocycles. The molecule has 2 nitrogen and oxygen atoms in total. The van der Waals surface area contributed by atoms with Crippen molar-refractivity contribution in [3.05, 3.63) is 35.9 Å². The lowest BCUT2D eigenvalue weighted by Crippen LogP contribution is -2.45. The molecule has 0 aromatic heterocycles. The maximum Gasteiger partial charge on any atom is 0.0234 e. The summed E-state index contributed by atoms with van der Waals surface area (Å²) in [6.07, 6.45) is 1.17. The molecule has 0 aliphatic carbocycles. The van der Waals surface area contributed by atoms with Gasteiger partial charge in [0.2, 0.25) is 0 Å². The second-order valence-electron chi connectivity index (χ2n) is 4.78. The fraction of sp³-hybridized carbons (Fsp3) is 0.538. The zero-order valence-corrected chi connectivity index (χ0v) is 9.39. The second kappa shape index (κ2) is 4.77. The van der Waals surface area contributed by atoms with Gasteiger partial charge in [0.05, 0.1) is 0 Å². The van der Waals surface area contributed by atoms with Gasteiger partial charge in [-0.25, -0.2) is 0 Å². The molecule has 0 radical (unpaired) electrons. The van der Waals surface area contributed by atoms with E-state index in [4.69, 9.17) is 5.73 Å². The van der Waals surface area contributed by atoms with Gasteiger partial charge in [0.25, 0.3) is 0 Å². The topological polar surface area (TPSA) is 29.3 Å². The van der Waals surface area contributed by atoms with Crippen molar-refractivity contribution >= 4 is 0 Å². The van der Waals surface area contributed by atoms with E-state index >= 15 is 0 Å². The fourth-order valence-corrected chi connectivity index (χ4v) is 2.48. The summed E-state index contributed by atoms with van der Waals surface area (Å²) in [6.45, 7) is 5.55. The first-order valence-corrected chi connectivity index (χ1v) is 5.76. The lowest BCUT2D eigenvalue weighted by molar-refractivity contribution is 0.158. The lowest BCUT2D eigenvalue weighted by atomic mass is 9.96. The summed E-state index contributed by atoms with van der Waals surface area (Å²) in [7, 11) is 0. The standard InChI is InChI=1S/C13H20N2/c1-11-7-13(14)10-15(8-11)9-12-5-3-2-4-6-12/h2-6,11,13H,7-10,14H2,1H3/t11-,13+/m1/s1. The van der Waals surface area contributed by atoms with Gasteiger partial charge in [-0.05, 0) is 17.9 Å². The van der Waals surface area contributed by atoms with Crippen molar-refractivity contribution < 1.29 is 0 Å². The summed E-state index contributed by atoms with van der Waals surface area (Å²) in [5, 5.41) is 0. The van der Waals surface area contributed by atoms with E-state index in [1.807, 2.05) is 0 Å². The smallest absolute Gasteiger partial charge is 0.0234 e. The number of benzene rings is 1. The van der Waals surface area contributed by atoms with E-state index in [0.717, 1.165) is 19.0 Å². The van der Waals surface area contributed by atoms with Gasteiger partial charge in [0.1, 0.15) is 0 Å². The van der Waals surface area contributed by atoms with Crippen LogP contribution in [0.1, 0.15) is 18.9 Å². The predicted molar refractivity (Wildman–Crippen MR) is 63.5 cm³/mol. The van der Waals surface area contributed by atoms with Gasteiger partial charge in [0, 0.05) is 25.7 Å². The van der Waals surface area contributed by atoms with Crippen LogP contribution in [-0.4, -0.2) is 24.0 Å². The van der Waals surface area contributed by atoms with Gasteiger partial charge in [0.15, 0.2) is 0 Å². The minimum absolute atomic E-state index is 0.359. The molecule has 1 aliphatic heterocycles. The molecular formula is C13H20N2. The molecule has 1 aromatic carbocycles. The Labute approximate surface area is 92.1 Å². The van der Waals surface area contributed by atoms with Crippen molar-refractivity contribution in [3.63, 3.8) is 0 Å². The minimum Gasteiger partial charge on any atom is -0.327 e. The highest BCUT2D eigenvalue weighted by atomic mass is 15.1. The van der Waals surface area contributed by atoms with E-state index in [2.05, 4.69) is 42.2 Å². The molecule has 15 heavy (non-hydrogen) atoms. The van der Waals surface area contributed by atoms with Gasteiger partial charge in [-0.15, -0.1) is 0 Å². The van der Waals surface area contributed by atoms with Crippen LogP contribution < -0.4 is 5.73 Å². The van der Waals surface area contributed by atoms with Crippen molar-refractivity contribution in [2.75, 3.05) is 13.1 Å². The monoisotopic (exact) mass is 204 g/mol. The molecule has 0 saturated carbocycles. The van der Waals surface area contributed by atoms with Crippen molar-refractivity contribution in [1.29, 1.82) is 0 Å². The molecule has 1 heterocycles. The molecule has 0 amide bonds. The molecule has 2 rings (SSSR count). The zero-order valence-electron chi connectivity index (χ0n) is 9.39. The van der Waals surface area contributed by atoms with E-state index in [9.17, 15) is 0 Å². The third-order valence-electron chi connectivity index (χ3n) is 3.02. The fourth-order valence-electron chi connectivity index (χ4n) is 2.48. The van der Waals surface area contributed by atoms with E-state index < -0.39 is 0 Å². The van der Waals surface area contributed by atoms with E-state index in [1.165, 1.54) is 18.5 Å². The summed E-state index contributed by atoms with van der Waals surface area (Å²) in [5.41, 5.74) is 7.42. The first-order chi connectivity index (χ1) is 7.24. The van der Waals surface area contributed by atoms with Crippen LogP contribution in [0.2, 0.25) is 0 Å². The van der Waals surface area contributed by atoms with Crippen LogP contribution in [0.3, 0.4) is 0 Å².